The highest BCUT2D eigenvalue weighted by Crippen LogP contribution is 2.28. The lowest BCUT2D eigenvalue weighted by atomic mass is 10.2. The van der Waals surface area contributed by atoms with Crippen LogP contribution in [0.25, 0.3) is 0 Å². The highest BCUT2D eigenvalue weighted by molar-refractivity contribution is 7.89. The average molecular weight is 314 g/mol. The third kappa shape index (κ3) is 3.17. The van der Waals surface area contributed by atoms with Crippen molar-refractivity contribution in [1.29, 1.82) is 0 Å². The molecule has 0 amide bonds. The van der Waals surface area contributed by atoms with Gasteiger partial charge < -0.3 is 14.7 Å². The summed E-state index contributed by atoms with van der Waals surface area (Å²) in [6.45, 7) is 2.13. The van der Waals surface area contributed by atoms with Crippen LogP contribution in [0.3, 0.4) is 0 Å². The number of hydrogen-bond acceptors (Lipinski definition) is 5. The van der Waals surface area contributed by atoms with Crippen LogP contribution in [-0.2, 0) is 10.0 Å². The Bertz CT molecular complexity index is 636. The van der Waals surface area contributed by atoms with Crippen LogP contribution < -0.4 is 4.74 Å². The predicted molar refractivity (Wildman–Crippen MR) is 76.2 cm³/mol. The summed E-state index contributed by atoms with van der Waals surface area (Å²) in [4.78, 5) is 13.0. The summed E-state index contributed by atoms with van der Waals surface area (Å²) in [5, 5.41) is 8.96. The summed E-state index contributed by atoms with van der Waals surface area (Å²) in [5.41, 5.74) is -0.0100. The van der Waals surface area contributed by atoms with Gasteiger partial charge in [-0.25, -0.2) is 13.2 Å². The van der Waals surface area contributed by atoms with Gasteiger partial charge in [-0.3, -0.25) is 0 Å². The van der Waals surface area contributed by atoms with Crippen molar-refractivity contribution in [2.45, 2.75) is 4.90 Å². The second-order valence-electron chi connectivity index (χ2n) is 4.88. The molecule has 0 aliphatic carbocycles. The Balaban J connectivity index is 2.38. The molecular weight excluding hydrogens is 296 g/mol. The fraction of sp³-hybridized carbons (Fsp3) is 0.462. The number of benzene rings is 1. The number of carboxylic acid groups (broad SMARTS) is 1. The van der Waals surface area contributed by atoms with E-state index >= 15 is 0 Å². The number of carboxylic acids is 1. The number of aromatic carboxylic acids is 1. The number of ether oxygens (including phenoxy) is 1. The van der Waals surface area contributed by atoms with Crippen LogP contribution in [0.4, 0.5) is 0 Å². The Morgan fingerprint density at radius 3 is 2.38 bits per heavy atom. The molecule has 1 N–H and O–H groups in total. The third-order valence-corrected chi connectivity index (χ3v) is 5.43. The van der Waals surface area contributed by atoms with Crippen molar-refractivity contribution in [1.82, 2.24) is 9.21 Å². The van der Waals surface area contributed by atoms with E-state index in [-0.39, 0.29) is 16.2 Å². The summed E-state index contributed by atoms with van der Waals surface area (Å²) in [5.74, 6) is -1.08. The lowest BCUT2D eigenvalue weighted by Crippen LogP contribution is -2.47. The van der Waals surface area contributed by atoms with E-state index in [1.165, 1.54) is 29.6 Å². The van der Waals surface area contributed by atoms with Gasteiger partial charge in [-0.2, -0.15) is 4.31 Å². The number of piperazine rings is 1. The molecule has 21 heavy (non-hydrogen) atoms. The lowest BCUT2D eigenvalue weighted by molar-refractivity contribution is 0.0696. The normalized spacial score (nSPS) is 17.6. The maximum atomic E-state index is 12.6. The smallest absolute Gasteiger partial charge is 0.335 e. The maximum Gasteiger partial charge on any atom is 0.335 e. The van der Waals surface area contributed by atoms with E-state index in [4.69, 9.17) is 9.84 Å². The fourth-order valence-electron chi connectivity index (χ4n) is 2.18. The van der Waals surface area contributed by atoms with Crippen molar-refractivity contribution in [2.75, 3.05) is 40.3 Å². The van der Waals surface area contributed by atoms with E-state index in [1.807, 2.05) is 7.05 Å². The van der Waals surface area contributed by atoms with Gasteiger partial charge in [0.15, 0.2) is 0 Å². The number of carbonyl (C=O) groups is 1. The van der Waals surface area contributed by atoms with Gasteiger partial charge in [0.05, 0.1) is 12.7 Å². The Morgan fingerprint density at radius 1 is 1.24 bits per heavy atom. The SMILES string of the molecule is COc1cc(C(=O)O)ccc1S(=O)(=O)N1CCN(C)CC1. The molecule has 1 aliphatic heterocycles. The summed E-state index contributed by atoms with van der Waals surface area (Å²) in [6, 6.07) is 3.79. The number of methoxy groups -OCH3 is 1. The van der Waals surface area contributed by atoms with Crippen molar-refractivity contribution >= 4 is 16.0 Å². The highest BCUT2D eigenvalue weighted by atomic mass is 32.2. The van der Waals surface area contributed by atoms with Crippen molar-refractivity contribution in [3.8, 4) is 5.75 Å². The van der Waals surface area contributed by atoms with Crippen LogP contribution in [-0.4, -0.2) is 69.0 Å². The van der Waals surface area contributed by atoms with Gasteiger partial charge in [0.25, 0.3) is 0 Å². The quantitative estimate of drug-likeness (QED) is 0.862. The topological polar surface area (TPSA) is 87.1 Å². The molecule has 0 radical (unpaired) electrons. The molecule has 0 unspecified atom stereocenters. The molecule has 0 aromatic heterocycles. The van der Waals surface area contributed by atoms with E-state index in [2.05, 4.69) is 4.90 Å². The maximum absolute atomic E-state index is 12.6. The molecule has 2 rings (SSSR count). The Kier molecular flexibility index (Phi) is 4.50. The number of likely N-dealkylation sites (N-methyl/N-ethyl adjacent to an activating group) is 1. The van der Waals surface area contributed by atoms with Crippen LogP contribution in [0.15, 0.2) is 23.1 Å². The third-order valence-electron chi connectivity index (χ3n) is 3.49. The van der Waals surface area contributed by atoms with Crippen molar-refractivity contribution in [3.05, 3.63) is 23.8 Å². The monoisotopic (exact) mass is 314 g/mol. The van der Waals surface area contributed by atoms with Crippen molar-refractivity contribution in [2.24, 2.45) is 0 Å². The predicted octanol–water partition coefficient (Wildman–Crippen LogP) is 0.330. The first-order chi connectivity index (χ1) is 9.86. The molecule has 0 spiro atoms. The summed E-state index contributed by atoms with van der Waals surface area (Å²) in [6.07, 6.45) is 0. The first-order valence-electron chi connectivity index (χ1n) is 6.46. The minimum Gasteiger partial charge on any atom is -0.495 e. The number of nitrogens with zero attached hydrogens (tertiary/aromatic N) is 2. The minimum atomic E-state index is -3.68. The summed E-state index contributed by atoms with van der Waals surface area (Å²) < 4.78 is 31.7. The molecule has 1 aliphatic rings. The minimum absolute atomic E-state index is 0.000414. The molecule has 1 heterocycles. The number of sulfonamides is 1. The Labute approximate surface area is 123 Å². The molecule has 0 bridgehead atoms. The molecule has 1 aromatic rings. The molecule has 1 fully saturated rings. The molecule has 1 saturated heterocycles. The zero-order valence-corrected chi connectivity index (χ0v) is 12.8. The van der Waals surface area contributed by atoms with Crippen LogP contribution in [0.1, 0.15) is 10.4 Å². The van der Waals surface area contributed by atoms with Gasteiger partial charge in [0.2, 0.25) is 10.0 Å². The van der Waals surface area contributed by atoms with Crippen molar-refractivity contribution in [3.63, 3.8) is 0 Å². The average Bonchev–Trinajstić information content (AvgIpc) is 2.46. The zero-order chi connectivity index (χ0) is 15.6. The standard InChI is InChI=1S/C13H18N2O5S/c1-14-5-7-15(8-6-14)21(18,19)12-4-3-10(13(16)17)9-11(12)20-2/h3-4,9H,5-8H2,1-2H3,(H,16,17). The first-order valence-corrected chi connectivity index (χ1v) is 7.90. The van der Waals surface area contributed by atoms with E-state index in [9.17, 15) is 13.2 Å². The largest absolute Gasteiger partial charge is 0.495 e. The first kappa shape index (κ1) is 15.7. The fourth-order valence-corrected chi connectivity index (χ4v) is 3.74. The number of rotatable bonds is 4. The molecule has 0 atom stereocenters. The zero-order valence-electron chi connectivity index (χ0n) is 11.9. The summed E-state index contributed by atoms with van der Waals surface area (Å²) >= 11 is 0. The van der Waals surface area contributed by atoms with Gasteiger partial charge >= 0.3 is 5.97 Å². The van der Waals surface area contributed by atoms with Crippen LogP contribution in [0.5, 0.6) is 5.75 Å². The molecule has 7 nitrogen and oxygen atoms in total. The van der Waals surface area contributed by atoms with Crippen molar-refractivity contribution < 1.29 is 23.1 Å². The second-order valence-corrected chi connectivity index (χ2v) is 6.78. The van der Waals surface area contributed by atoms with Gasteiger partial charge in [-0.15, -0.1) is 0 Å². The Hall–Kier alpha value is -1.64. The van der Waals surface area contributed by atoms with E-state index < -0.39 is 16.0 Å². The van der Waals surface area contributed by atoms with Crippen LogP contribution >= 0.6 is 0 Å². The van der Waals surface area contributed by atoms with Gasteiger partial charge in [0, 0.05) is 26.2 Å². The van der Waals surface area contributed by atoms with Gasteiger partial charge in [-0.05, 0) is 25.2 Å². The lowest BCUT2D eigenvalue weighted by Gasteiger charge is -2.31. The molecule has 1 aromatic carbocycles. The molecule has 8 heteroatoms. The Morgan fingerprint density at radius 2 is 1.86 bits per heavy atom. The molecule has 116 valence electrons. The van der Waals surface area contributed by atoms with Crippen LogP contribution in [0, 0.1) is 0 Å². The highest BCUT2D eigenvalue weighted by Gasteiger charge is 2.30. The second kappa shape index (κ2) is 6.00. The van der Waals surface area contributed by atoms with Gasteiger partial charge in [0.1, 0.15) is 10.6 Å². The van der Waals surface area contributed by atoms with E-state index in [1.54, 1.807) is 0 Å². The van der Waals surface area contributed by atoms with Crippen LogP contribution in [0.2, 0.25) is 0 Å². The van der Waals surface area contributed by atoms with Gasteiger partial charge in [-0.1, -0.05) is 0 Å². The molecule has 0 saturated carbocycles. The summed E-state index contributed by atoms with van der Waals surface area (Å²) in [7, 11) is -0.422. The van der Waals surface area contributed by atoms with E-state index in [0.717, 1.165) is 0 Å². The molecular formula is C13H18N2O5S. The van der Waals surface area contributed by atoms with E-state index in [0.29, 0.717) is 26.2 Å². The number of hydrogen-bond donors (Lipinski definition) is 1.